The maximum atomic E-state index is 12.6. The summed E-state index contributed by atoms with van der Waals surface area (Å²) in [4.78, 5) is 0. The fourth-order valence-corrected chi connectivity index (χ4v) is 1.01. The Hall–Kier alpha value is -0.800. The van der Waals surface area contributed by atoms with Gasteiger partial charge < -0.3 is 10.4 Å². The van der Waals surface area contributed by atoms with Crippen molar-refractivity contribution in [2.24, 2.45) is 0 Å². The standard InChI is InChI=1S/C8H9ClFNO/c1-5(12)11-6-2-3-8(10)7(9)4-6/h2-5,11-12H,1H3. The molecule has 0 fully saturated rings. The van der Waals surface area contributed by atoms with Crippen molar-refractivity contribution in [2.45, 2.75) is 13.2 Å². The van der Waals surface area contributed by atoms with E-state index in [0.29, 0.717) is 5.69 Å². The molecule has 0 aliphatic rings. The normalized spacial score (nSPS) is 12.7. The zero-order valence-corrected chi connectivity index (χ0v) is 7.27. The maximum absolute atomic E-state index is 12.6. The largest absolute Gasteiger partial charge is 0.374 e. The summed E-state index contributed by atoms with van der Waals surface area (Å²) in [7, 11) is 0. The molecule has 0 radical (unpaired) electrons. The summed E-state index contributed by atoms with van der Waals surface area (Å²) < 4.78 is 12.6. The number of aliphatic hydroxyl groups is 1. The minimum Gasteiger partial charge on any atom is -0.374 e. The average molecular weight is 190 g/mol. The van der Waals surface area contributed by atoms with Crippen LogP contribution in [-0.2, 0) is 0 Å². The topological polar surface area (TPSA) is 32.3 Å². The molecule has 12 heavy (non-hydrogen) atoms. The molecule has 4 heteroatoms. The van der Waals surface area contributed by atoms with Crippen LogP contribution in [-0.4, -0.2) is 11.3 Å². The van der Waals surface area contributed by atoms with Crippen LogP contribution in [0.1, 0.15) is 6.92 Å². The molecule has 66 valence electrons. The van der Waals surface area contributed by atoms with Crippen LogP contribution in [0.25, 0.3) is 0 Å². The Morgan fingerprint density at radius 3 is 2.75 bits per heavy atom. The van der Waals surface area contributed by atoms with Crippen molar-refractivity contribution in [1.29, 1.82) is 0 Å². The van der Waals surface area contributed by atoms with Crippen molar-refractivity contribution < 1.29 is 9.50 Å². The van der Waals surface area contributed by atoms with Crippen molar-refractivity contribution in [3.8, 4) is 0 Å². The van der Waals surface area contributed by atoms with Crippen molar-refractivity contribution >= 4 is 17.3 Å². The van der Waals surface area contributed by atoms with Crippen LogP contribution >= 0.6 is 11.6 Å². The van der Waals surface area contributed by atoms with Crippen LogP contribution in [0, 0.1) is 5.82 Å². The van der Waals surface area contributed by atoms with Crippen molar-refractivity contribution in [2.75, 3.05) is 5.32 Å². The van der Waals surface area contributed by atoms with E-state index >= 15 is 0 Å². The van der Waals surface area contributed by atoms with E-state index < -0.39 is 12.0 Å². The summed E-state index contributed by atoms with van der Waals surface area (Å²) in [5.41, 5.74) is 0.594. The summed E-state index contributed by atoms with van der Waals surface area (Å²) in [5, 5.41) is 11.6. The smallest absolute Gasteiger partial charge is 0.141 e. The lowest BCUT2D eigenvalue weighted by molar-refractivity contribution is 0.224. The molecule has 0 aromatic heterocycles. The third-order valence-electron chi connectivity index (χ3n) is 1.30. The summed E-state index contributed by atoms with van der Waals surface area (Å²) in [5.74, 6) is -0.465. The molecule has 1 atom stereocenters. The third-order valence-corrected chi connectivity index (χ3v) is 1.58. The molecule has 0 heterocycles. The van der Waals surface area contributed by atoms with Gasteiger partial charge in [0.15, 0.2) is 0 Å². The first-order chi connectivity index (χ1) is 5.59. The lowest BCUT2D eigenvalue weighted by Gasteiger charge is -2.08. The van der Waals surface area contributed by atoms with E-state index in [4.69, 9.17) is 16.7 Å². The molecule has 0 saturated heterocycles. The minimum absolute atomic E-state index is 0.0423. The predicted molar refractivity (Wildman–Crippen MR) is 46.7 cm³/mol. The predicted octanol–water partition coefficient (Wildman–Crippen LogP) is 2.23. The lowest BCUT2D eigenvalue weighted by atomic mass is 10.3. The molecular formula is C8H9ClFNO. The van der Waals surface area contributed by atoms with E-state index in [1.54, 1.807) is 6.92 Å². The van der Waals surface area contributed by atoms with Crippen LogP contribution < -0.4 is 5.32 Å². The number of hydrogen-bond donors (Lipinski definition) is 2. The Kier molecular flexibility index (Phi) is 2.89. The summed E-state index contributed by atoms with van der Waals surface area (Å²) >= 11 is 5.50. The number of halogens is 2. The SMILES string of the molecule is CC(O)Nc1ccc(F)c(Cl)c1. The molecule has 2 N–H and O–H groups in total. The number of aliphatic hydroxyl groups excluding tert-OH is 1. The molecule has 0 bridgehead atoms. The highest BCUT2D eigenvalue weighted by Gasteiger charge is 2.01. The second kappa shape index (κ2) is 3.74. The fourth-order valence-electron chi connectivity index (χ4n) is 0.827. The van der Waals surface area contributed by atoms with Crippen LogP contribution in [0.2, 0.25) is 5.02 Å². The molecule has 0 spiro atoms. The Morgan fingerprint density at radius 1 is 1.58 bits per heavy atom. The second-order valence-corrected chi connectivity index (χ2v) is 2.86. The van der Waals surface area contributed by atoms with Gasteiger partial charge in [-0.1, -0.05) is 11.6 Å². The van der Waals surface area contributed by atoms with Crippen LogP contribution in [0.5, 0.6) is 0 Å². The highest BCUT2D eigenvalue weighted by Crippen LogP contribution is 2.19. The summed E-state index contributed by atoms with van der Waals surface area (Å²) in [6.07, 6.45) is -0.675. The average Bonchev–Trinajstić information content (AvgIpc) is 1.96. The Labute approximate surface area is 75.0 Å². The summed E-state index contributed by atoms with van der Waals surface area (Å²) in [6, 6.07) is 4.17. The Morgan fingerprint density at radius 2 is 2.25 bits per heavy atom. The first kappa shape index (κ1) is 9.29. The van der Waals surface area contributed by atoms with E-state index in [9.17, 15) is 4.39 Å². The van der Waals surface area contributed by atoms with Gasteiger partial charge in [-0.05, 0) is 25.1 Å². The van der Waals surface area contributed by atoms with Gasteiger partial charge in [0, 0.05) is 5.69 Å². The van der Waals surface area contributed by atoms with Crippen LogP contribution in [0.3, 0.4) is 0 Å². The summed E-state index contributed by atoms with van der Waals surface area (Å²) in [6.45, 7) is 1.57. The number of hydrogen-bond acceptors (Lipinski definition) is 2. The second-order valence-electron chi connectivity index (χ2n) is 2.45. The Bertz CT molecular complexity index is 278. The van der Waals surface area contributed by atoms with Gasteiger partial charge in [0.05, 0.1) is 5.02 Å². The highest BCUT2D eigenvalue weighted by atomic mass is 35.5. The molecule has 1 aromatic rings. The van der Waals surface area contributed by atoms with E-state index in [0.717, 1.165) is 0 Å². The molecule has 2 nitrogen and oxygen atoms in total. The van der Waals surface area contributed by atoms with Gasteiger partial charge in [0.25, 0.3) is 0 Å². The van der Waals surface area contributed by atoms with E-state index in [-0.39, 0.29) is 5.02 Å². The quantitative estimate of drug-likeness (QED) is 0.700. The first-order valence-corrected chi connectivity index (χ1v) is 3.87. The fraction of sp³-hybridized carbons (Fsp3) is 0.250. The van der Waals surface area contributed by atoms with E-state index in [2.05, 4.69) is 5.32 Å². The molecule has 1 aromatic carbocycles. The van der Waals surface area contributed by atoms with Gasteiger partial charge in [0.2, 0.25) is 0 Å². The van der Waals surface area contributed by atoms with Gasteiger partial charge in [0.1, 0.15) is 12.0 Å². The monoisotopic (exact) mass is 189 g/mol. The number of rotatable bonds is 2. The highest BCUT2D eigenvalue weighted by molar-refractivity contribution is 6.31. The zero-order valence-electron chi connectivity index (χ0n) is 6.51. The number of anilines is 1. The van der Waals surface area contributed by atoms with Crippen LogP contribution in [0.15, 0.2) is 18.2 Å². The van der Waals surface area contributed by atoms with Crippen molar-refractivity contribution in [3.63, 3.8) is 0 Å². The van der Waals surface area contributed by atoms with Gasteiger partial charge in [-0.25, -0.2) is 4.39 Å². The van der Waals surface area contributed by atoms with Gasteiger partial charge in [-0.15, -0.1) is 0 Å². The van der Waals surface area contributed by atoms with Gasteiger partial charge in [-0.3, -0.25) is 0 Å². The molecule has 0 saturated carbocycles. The van der Waals surface area contributed by atoms with Crippen molar-refractivity contribution in [1.82, 2.24) is 0 Å². The van der Waals surface area contributed by atoms with Gasteiger partial charge >= 0.3 is 0 Å². The van der Waals surface area contributed by atoms with Crippen molar-refractivity contribution in [3.05, 3.63) is 29.0 Å². The first-order valence-electron chi connectivity index (χ1n) is 3.49. The molecule has 0 aliphatic carbocycles. The number of benzene rings is 1. The minimum atomic E-state index is -0.675. The number of nitrogens with one attached hydrogen (secondary N) is 1. The molecule has 1 unspecified atom stereocenters. The van der Waals surface area contributed by atoms with E-state index in [1.807, 2.05) is 0 Å². The zero-order chi connectivity index (χ0) is 9.14. The molecule has 0 amide bonds. The van der Waals surface area contributed by atoms with E-state index in [1.165, 1.54) is 18.2 Å². The Balaban J connectivity index is 2.82. The molecule has 0 aliphatic heterocycles. The third kappa shape index (κ3) is 2.36. The van der Waals surface area contributed by atoms with Gasteiger partial charge in [-0.2, -0.15) is 0 Å². The van der Waals surface area contributed by atoms with Crippen LogP contribution in [0.4, 0.5) is 10.1 Å². The lowest BCUT2D eigenvalue weighted by Crippen LogP contribution is -2.13. The molecule has 1 rings (SSSR count). The maximum Gasteiger partial charge on any atom is 0.141 e. The molecular weight excluding hydrogens is 181 g/mol.